The molecule has 0 aliphatic carbocycles. The first kappa shape index (κ1) is 27.2. The van der Waals surface area contributed by atoms with E-state index >= 15 is 0 Å². The Morgan fingerprint density at radius 2 is 1.58 bits per heavy atom. The smallest absolute Gasteiger partial charge is 0.242 e. The van der Waals surface area contributed by atoms with Gasteiger partial charge in [-0.1, -0.05) is 82.6 Å². The van der Waals surface area contributed by atoms with Crippen molar-refractivity contribution in [3.8, 4) is 0 Å². The molecule has 0 aliphatic heterocycles. The number of benzene rings is 2. The van der Waals surface area contributed by atoms with Crippen LogP contribution in [0.25, 0.3) is 0 Å². The Morgan fingerprint density at radius 1 is 0.935 bits per heavy atom. The minimum atomic E-state index is -0.0626. The van der Waals surface area contributed by atoms with Crippen molar-refractivity contribution in [2.75, 3.05) is 30.5 Å². The van der Waals surface area contributed by atoms with Crippen LogP contribution in [-0.4, -0.2) is 31.5 Å². The van der Waals surface area contributed by atoms with Crippen LogP contribution in [0, 0.1) is 6.42 Å². The van der Waals surface area contributed by atoms with E-state index in [1.54, 1.807) is 4.90 Å². The molecule has 171 valence electrons. The molecule has 0 aliphatic rings. The van der Waals surface area contributed by atoms with Gasteiger partial charge in [-0.2, -0.15) is 0 Å². The number of hydrogen-bond donors (Lipinski definition) is 0. The van der Waals surface area contributed by atoms with Gasteiger partial charge >= 0.3 is 0 Å². The normalized spacial score (nSPS) is 10.4. The Morgan fingerprint density at radius 3 is 2.10 bits per heavy atom. The monoisotopic (exact) mass is 444 g/mol. The molecule has 0 spiro atoms. The summed E-state index contributed by atoms with van der Waals surface area (Å²) in [4.78, 5) is 14.0. The number of aryl methyl sites for hydroxylation is 2. The number of hydrogen-bond acceptors (Lipinski definition) is 2. The molecule has 0 saturated heterocycles. The van der Waals surface area contributed by atoms with Crippen LogP contribution in [0.4, 0.5) is 5.69 Å². The molecule has 4 heteroatoms. The summed E-state index contributed by atoms with van der Waals surface area (Å²) < 4.78 is 5.54. The van der Waals surface area contributed by atoms with Gasteiger partial charge in [0, 0.05) is 13.2 Å². The summed E-state index contributed by atoms with van der Waals surface area (Å²) in [6.07, 6.45) is 7.33. The highest BCUT2D eigenvalue weighted by molar-refractivity contribution is 6.29. The van der Waals surface area contributed by atoms with E-state index in [1.165, 1.54) is 16.7 Å². The lowest BCUT2D eigenvalue weighted by molar-refractivity contribution is -0.116. The second kappa shape index (κ2) is 16.8. The molecule has 2 aromatic rings. The fourth-order valence-corrected chi connectivity index (χ4v) is 3.47. The Kier molecular flexibility index (Phi) is 14.7. The van der Waals surface area contributed by atoms with Crippen LogP contribution in [0.15, 0.2) is 48.5 Å². The molecule has 0 saturated carbocycles. The van der Waals surface area contributed by atoms with Crippen LogP contribution < -0.4 is 4.90 Å². The van der Waals surface area contributed by atoms with E-state index in [9.17, 15) is 4.79 Å². The van der Waals surface area contributed by atoms with E-state index in [0.29, 0.717) is 13.2 Å². The molecule has 3 nitrogen and oxygen atoms in total. The molecule has 2 rings (SSSR count). The topological polar surface area (TPSA) is 29.5 Å². The van der Waals surface area contributed by atoms with Crippen molar-refractivity contribution in [2.24, 2.45) is 0 Å². The van der Waals surface area contributed by atoms with Gasteiger partial charge in [-0.3, -0.25) is 4.79 Å². The van der Waals surface area contributed by atoms with Crippen LogP contribution in [0.3, 0.4) is 0 Å². The fraction of sp³-hybridized carbons (Fsp3) is 0.481. The molecule has 0 heterocycles. The Hall–Kier alpha value is -1.84. The van der Waals surface area contributed by atoms with Crippen LogP contribution in [0.1, 0.15) is 57.2 Å². The van der Waals surface area contributed by atoms with Crippen molar-refractivity contribution >= 4 is 23.2 Å². The summed E-state index contributed by atoms with van der Waals surface area (Å²) in [5.74, 6) is -0.0676. The van der Waals surface area contributed by atoms with E-state index in [4.69, 9.17) is 16.3 Å². The van der Waals surface area contributed by atoms with E-state index in [0.717, 1.165) is 44.4 Å². The third-order valence-corrected chi connectivity index (χ3v) is 5.20. The maximum atomic E-state index is 12.3. The fourth-order valence-electron chi connectivity index (χ4n) is 3.32. The average molecular weight is 445 g/mol. The summed E-state index contributed by atoms with van der Waals surface area (Å²) >= 11 is 5.80. The van der Waals surface area contributed by atoms with E-state index < -0.39 is 0 Å². The molecule has 0 aromatic heterocycles. The van der Waals surface area contributed by atoms with Crippen LogP contribution in [0.5, 0.6) is 0 Å². The van der Waals surface area contributed by atoms with Crippen LogP contribution in [-0.2, 0) is 28.8 Å². The number of unbranched alkanes of at least 4 members (excludes halogenated alkanes) is 1. The molecule has 0 atom stereocenters. The lowest BCUT2D eigenvalue weighted by Gasteiger charge is -2.27. The van der Waals surface area contributed by atoms with Gasteiger partial charge < -0.3 is 9.64 Å². The average Bonchev–Trinajstić information content (AvgIpc) is 2.83. The number of para-hydroxylation sites is 1. The van der Waals surface area contributed by atoms with Gasteiger partial charge in [0.05, 0.1) is 12.3 Å². The summed E-state index contributed by atoms with van der Waals surface area (Å²) in [5.41, 5.74) is 4.80. The van der Waals surface area contributed by atoms with Gasteiger partial charge in [0.25, 0.3) is 0 Å². The quantitative estimate of drug-likeness (QED) is 0.271. The number of alkyl halides is 1. The summed E-state index contributed by atoms with van der Waals surface area (Å²) in [6.45, 7) is 10.3. The minimum absolute atomic E-state index is 0.00498. The molecule has 0 unspecified atom stereocenters. The number of anilines is 1. The highest BCUT2D eigenvalue weighted by Crippen LogP contribution is 2.27. The SMILES string of the molecule is CCCOCCN(C(=O)CCl)c1c(CC)cccc1CC.CC[CH]Cc1ccccc1. The summed E-state index contributed by atoms with van der Waals surface area (Å²) in [6, 6.07) is 16.7. The second-order valence-corrected chi connectivity index (χ2v) is 7.58. The van der Waals surface area contributed by atoms with Gasteiger partial charge in [-0.05, 0) is 48.8 Å². The lowest BCUT2D eigenvalue weighted by atomic mass is 10.0. The van der Waals surface area contributed by atoms with Crippen molar-refractivity contribution in [3.63, 3.8) is 0 Å². The number of halogens is 1. The molecule has 0 fully saturated rings. The summed E-state index contributed by atoms with van der Waals surface area (Å²) in [7, 11) is 0. The molecule has 1 amide bonds. The first-order valence-electron chi connectivity index (χ1n) is 11.5. The van der Waals surface area contributed by atoms with Gasteiger partial charge in [0.15, 0.2) is 0 Å². The largest absolute Gasteiger partial charge is 0.380 e. The Bertz CT molecular complexity index is 711. The Labute approximate surface area is 194 Å². The van der Waals surface area contributed by atoms with Gasteiger partial charge in [-0.15, -0.1) is 11.6 Å². The molecule has 31 heavy (non-hydrogen) atoms. The molecule has 1 radical (unpaired) electrons. The first-order chi connectivity index (χ1) is 15.1. The number of rotatable bonds is 12. The standard InChI is InChI=1S/C17H26ClNO2.C10H13/c1-4-11-21-12-10-19(16(20)13-18)17-14(5-2)8-7-9-15(17)6-3;1-2-3-7-10-8-5-4-6-9-10/h7-9H,4-6,10-13H2,1-3H3;3-6,8-9H,2,7H2,1H3. The van der Waals surface area contributed by atoms with E-state index in [-0.39, 0.29) is 11.8 Å². The zero-order valence-electron chi connectivity index (χ0n) is 19.7. The first-order valence-corrected chi connectivity index (χ1v) is 12.1. The van der Waals surface area contributed by atoms with Crippen molar-refractivity contribution in [3.05, 3.63) is 71.6 Å². The lowest BCUT2D eigenvalue weighted by Crippen LogP contribution is -2.36. The van der Waals surface area contributed by atoms with Crippen LogP contribution >= 0.6 is 11.6 Å². The van der Waals surface area contributed by atoms with Crippen molar-refractivity contribution in [1.29, 1.82) is 0 Å². The third kappa shape index (κ3) is 9.88. The molecule has 2 aromatic carbocycles. The predicted molar refractivity (Wildman–Crippen MR) is 134 cm³/mol. The maximum Gasteiger partial charge on any atom is 0.242 e. The van der Waals surface area contributed by atoms with Crippen LogP contribution in [0.2, 0.25) is 0 Å². The number of carbonyl (C=O) groups excluding carboxylic acids is 1. The zero-order chi connectivity index (χ0) is 22.9. The van der Waals surface area contributed by atoms with Crippen molar-refractivity contribution in [2.45, 2.75) is 59.8 Å². The highest BCUT2D eigenvalue weighted by Gasteiger charge is 2.20. The highest BCUT2D eigenvalue weighted by atomic mass is 35.5. The van der Waals surface area contributed by atoms with Gasteiger partial charge in [-0.25, -0.2) is 0 Å². The number of carbonyl (C=O) groups is 1. The van der Waals surface area contributed by atoms with E-state index in [2.05, 4.69) is 82.6 Å². The zero-order valence-corrected chi connectivity index (χ0v) is 20.5. The number of nitrogens with zero attached hydrogens (tertiary/aromatic N) is 1. The van der Waals surface area contributed by atoms with Gasteiger partial charge in [0.2, 0.25) is 5.91 Å². The second-order valence-electron chi connectivity index (χ2n) is 7.31. The van der Waals surface area contributed by atoms with Crippen molar-refractivity contribution < 1.29 is 9.53 Å². The molecule has 0 N–H and O–H groups in total. The number of ether oxygens (including phenoxy) is 1. The third-order valence-electron chi connectivity index (χ3n) is 4.97. The van der Waals surface area contributed by atoms with E-state index in [1.807, 2.05) is 0 Å². The maximum absolute atomic E-state index is 12.3. The minimum Gasteiger partial charge on any atom is -0.380 e. The van der Waals surface area contributed by atoms with Gasteiger partial charge in [0.1, 0.15) is 5.88 Å². The molecule has 0 bridgehead atoms. The number of amides is 1. The molecular weight excluding hydrogens is 406 g/mol. The molecular formula is C27H39ClNO2. The van der Waals surface area contributed by atoms with Crippen molar-refractivity contribution in [1.82, 2.24) is 0 Å². The predicted octanol–water partition coefficient (Wildman–Crippen LogP) is 6.65. The Balaban J connectivity index is 0.000000399. The summed E-state index contributed by atoms with van der Waals surface area (Å²) in [5, 5.41) is 0.